The van der Waals surface area contributed by atoms with E-state index in [2.05, 4.69) is 25.1 Å². The minimum atomic E-state index is 0.383. The molecule has 1 atom stereocenters. The number of ether oxygens (including phenoxy) is 1. The van der Waals surface area contributed by atoms with Crippen molar-refractivity contribution in [1.29, 1.82) is 0 Å². The third kappa shape index (κ3) is 2.84. The topological polar surface area (TPSA) is 27.1 Å². The van der Waals surface area contributed by atoms with E-state index >= 15 is 0 Å². The molecular formula is C10H18N2O. The van der Waals surface area contributed by atoms with Crippen LogP contribution in [0.5, 0.6) is 0 Å². The molecule has 0 aromatic carbocycles. The van der Waals surface area contributed by atoms with E-state index < -0.39 is 0 Å². The Morgan fingerprint density at radius 1 is 1.54 bits per heavy atom. The van der Waals surface area contributed by atoms with Crippen LogP contribution in [0.4, 0.5) is 0 Å². The number of nitrogens with zero attached hydrogens (tertiary/aromatic N) is 2. The van der Waals surface area contributed by atoms with Crippen LogP contribution >= 0.6 is 0 Å². The summed E-state index contributed by atoms with van der Waals surface area (Å²) < 4.78 is 7.38. The first kappa shape index (κ1) is 10.3. The molecule has 0 aliphatic rings. The number of hydrogen-bond acceptors (Lipinski definition) is 2. The lowest BCUT2D eigenvalue weighted by atomic mass is 10.2. The van der Waals surface area contributed by atoms with Crippen molar-refractivity contribution in [3.8, 4) is 0 Å². The monoisotopic (exact) mass is 182 g/mol. The van der Waals surface area contributed by atoms with E-state index in [1.165, 1.54) is 5.56 Å². The van der Waals surface area contributed by atoms with E-state index in [-0.39, 0.29) is 0 Å². The van der Waals surface area contributed by atoms with Crippen LogP contribution in [0, 0.1) is 6.92 Å². The summed E-state index contributed by atoms with van der Waals surface area (Å²) in [5.74, 6) is 0. The first-order valence-corrected chi connectivity index (χ1v) is 4.86. The summed E-state index contributed by atoms with van der Waals surface area (Å²) in [6, 6.07) is 0.383. The molecular weight excluding hydrogens is 164 g/mol. The van der Waals surface area contributed by atoms with Gasteiger partial charge in [-0.05, 0) is 25.8 Å². The lowest BCUT2D eigenvalue weighted by Crippen LogP contribution is -2.15. The molecule has 13 heavy (non-hydrogen) atoms. The van der Waals surface area contributed by atoms with Gasteiger partial charge < -0.3 is 4.74 Å². The summed E-state index contributed by atoms with van der Waals surface area (Å²) in [5, 5.41) is 4.28. The largest absolute Gasteiger partial charge is 0.380 e. The molecule has 0 saturated carbocycles. The van der Waals surface area contributed by atoms with Gasteiger partial charge in [0.25, 0.3) is 0 Å². The van der Waals surface area contributed by atoms with E-state index in [0.717, 1.165) is 19.6 Å². The van der Waals surface area contributed by atoms with Crippen molar-refractivity contribution >= 4 is 0 Å². The molecule has 0 radical (unpaired) electrons. The van der Waals surface area contributed by atoms with E-state index in [1.54, 1.807) is 0 Å². The van der Waals surface area contributed by atoms with Gasteiger partial charge in [0.1, 0.15) is 0 Å². The van der Waals surface area contributed by atoms with E-state index in [0.29, 0.717) is 6.04 Å². The maximum absolute atomic E-state index is 5.39. The Bertz CT molecular complexity index is 245. The van der Waals surface area contributed by atoms with Gasteiger partial charge in [0.2, 0.25) is 0 Å². The Kier molecular flexibility index (Phi) is 3.96. The van der Waals surface area contributed by atoms with Gasteiger partial charge in [-0.3, -0.25) is 4.68 Å². The zero-order valence-electron chi connectivity index (χ0n) is 8.66. The van der Waals surface area contributed by atoms with Gasteiger partial charge >= 0.3 is 0 Å². The zero-order valence-corrected chi connectivity index (χ0v) is 8.66. The number of rotatable bonds is 5. The second-order valence-corrected chi connectivity index (χ2v) is 3.22. The molecule has 1 aromatic rings. The summed E-state index contributed by atoms with van der Waals surface area (Å²) in [6.45, 7) is 7.75. The molecule has 0 N–H and O–H groups in total. The summed E-state index contributed by atoms with van der Waals surface area (Å²) >= 11 is 0. The highest BCUT2D eigenvalue weighted by molar-refractivity contribution is 5.00. The lowest BCUT2D eigenvalue weighted by Gasteiger charge is -2.14. The van der Waals surface area contributed by atoms with Gasteiger partial charge in [-0.1, -0.05) is 6.92 Å². The van der Waals surface area contributed by atoms with Gasteiger partial charge in [0.05, 0.1) is 18.8 Å². The Hall–Kier alpha value is -0.830. The predicted molar refractivity (Wildman–Crippen MR) is 52.8 cm³/mol. The van der Waals surface area contributed by atoms with Crippen LogP contribution in [-0.2, 0) is 4.74 Å². The van der Waals surface area contributed by atoms with Gasteiger partial charge in [-0.2, -0.15) is 5.10 Å². The van der Waals surface area contributed by atoms with Crippen LogP contribution in [-0.4, -0.2) is 23.0 Å². The second kappa shape index (κ2) is 5.02. The molecule has 3 heteroatoms. The van der Waals surface area contributed by atoms with Crippen LogP contribution in [0.3, 0.4) is 0 Å². The Morgan fingerprint density at radius 2 is 2.31 bits per heavy atom. The maximum Gasteiger partial charge on any atom is 0.0750 e. The third-order valence-electron chi connectivity index (χ3n) is 2.09. The standard InChI is InChI=1S/C10H18N2O/c1-4-10(8-13-5-2)12-7-9(3)6-11-12/h6-7,10H,4-5,8H2,1-3H3. The summed E-state index contributed by atoms with van der Waals surface area (Å²) in [4.78, 5) is 0. The first-order valence-electron chi connectivity index (χ1n) is 4.86. The Morgan fingerprint density at radius 3 is 2.77 bits per heavy atom. The molecule has 0 aliphatic heterocycles. The molecule has 74 valence electrons. The van der Waals surface area contributed by atoms with Gasteiger partial charge in [0.15, 0.2) is 0 Å². The van der Waals surface area contributed by atoms with E-state index in [1.807, 2.05) is 17.8 Å². The van der Waals surface area contributed by atoms with Crippen molar-refractivity contribution in [1.82, 2.24) is 9.78 Å². The average molecular weight is 182 g/mol. The number of aromatic nitrogens is 2. The van der Waals surface area contributed by atoms with E-state index in [9.17, 15) is 0 Å². The van der Waals surface area contributed by atoms with Crippen molar-refractivity contribution in [3.63, 3.8) is 0 Å². The minimum absolute atomic E-state index is 0.383. The molecule has 0 saturated heterocycles. The van der Waals surface area contributed by atoms with Crippen molar-refractivity contribution in [2.24, 2.45) is 0 Å². The molecule has 1 unspecified atom stereocenters. The van der Waals surface area contributed by atoms with Crippen molar-refractivity contribution in [2.45, 2.75) is 33.2 Å². The summed E-state index contributed by atoms with van der Waals surface area (Å²) in [7, 11) is 0. The fourth-order valence-corrected chi connectivity index (χ4v) is 1.27. The maximum atomic E-state index is 5.39. The fraction of sp³-hybridized carbons (Fsp3) is 0.700. The van der Waals surface area contributed by atoms with Crippen LogP contribution in [0.25, 0.3) is 0 Å². The highest BCUT2D eigenvalue weighted by atomic mass is 16.5. The highest BCUT2D eigenvalue weighted by Crippen LogP contribution is 2.11. The van der Waals surface area contributed by atoms with Crippen molar-refractivity contribution in [3.05, 3.63) is 18.0 Å². The predicted octanol–water partition coefficient (Wildman–Crippen LogP) is 2.18. The third-order valence-corrected chi connectivity index (χ3v) is 2.09. The second-order valence-electron chi connectivity index (χ2n) is 3.22. The lowest BCUT2D eigenvalue weighted by molar-refractivity contribution is 0.107. The Labute approximate surface area is 79.7 Å². The SMILES string of the molecule is CCOCC(CC)n1cc(C)cn1. The smallest absolute Gasteiger partial charge is 0.0750 e. The molecule has 3 nitrogen and oxygen atoms in total. The van der Waals surface area contributed by atoms with Crippen LogP contribution in [0.15, 0.2) is 12.4 Å². The molecule has 1 heterocycles. The van der Waals surface area contributed by atoms with Crippen LogP contribution in [0.2, 0.25) is 0 Å². The fourth-order valence-electron chi connectivity index (χ4n) is 1.27. The normalized spacial score (nSPS) is 13.2. The Balaban J connectivity index is 2.56. The highest BCUT2D eigenvalue weighted by Gasteiger charge is 2.08. The molecule has 0 aliphatic carbocycles. The molecule has 0 spiro atoms. The molecule has 1 aromatic heterocycles. The van der Waals surface area contributed by atoms with Gasteiger partial charge in [-0.25, -0.2) is 0 Å². The van der Waals surface area contributed by atoms with Crippen LogP contribution in [0.1, 0.15) is 31.9 Å². The first-order chi connectivity index (χ1) is 6.27. The minimum Gasteiger partial charge on any atom is -0.380 e. The zero-order chi connectivity index (χ0) is 9.68. The van der Waals surface area contributed by atoms with Crippen molar-refractivity contribution in [2.75, 3.05) is 13.2 Å². The average Bonchev–Trinajstić information content (AvgIpc) is 2.54. The van der Waals surface area contributed by atoms with Gasteiger partial charge in [-0.15, -0.1) is 0 Å². The van der Waals surface area contributed by atoms with Gasteiger partial charge in [0, 0.05) is 12.8 Å². The number of aryl methyl sites for hydroxylation is 1. The van der Waals surface area contributed by atoms with E-state index in [4.69, 9.17) is 4.74 Å². The quantitative estimate of drug-likeness (QED) is 0.698. The number of hydrogen-bond donors (Lipinski definition) is 0. The molecule has 0 bridgehead atoms. The van der Waals surface area contributed by atoms with Crippen LogP contribution < -0.4 is 0 Å². The molecule has 1 rings (SSSR count). The van der Waals surface area contributed by atoms with Crippen molar-refractivity contribution < 1.29 is 4.74 Å². The summed E-state index contributed by atoms with van der Waals surface area (Å²) in [5.41, 5.74) is 1.20. The summed E-state index contributed by atoms with van der Waals surface area (Å²) in [6.07, 6.45) is 5.00. The molecule has 0 fully saturated rings. The molecule has 0 amide bonds.